The predicted octanol–water partition coefficient (Wildman–Crippen LogP) is 2.48. The monoisotopic (exact) mass is 176 g/mol. The van der Waals surface area contributed by atoms with Gasteiger partial charge in [-0.15, -0.1) is 0 Å². The molecule has 0 saturated heterocycles. The number of nitrogens with zero attached hydrogens (tertiary/aromatic N) is 1. The third-order valence-electron chi connectivity index (χ3n) is 2.08. The predicted molar refractivity (Wildman–Crippen MR) is 56.5 cm³/mol. The maximum Gasteiger partial charge on any atom is 0.126 e. The van der Waals surface area contributed by atoms with Gasteiger partial charge in [-0.3, -0.25) is 0 Å². The number of anilines is 1. The van der Waals surface area contributed by atoms with Gasteiger partial charge < -0.3 is 5.73 Å². The third-order valence-corrected chi connectivity index (χ3v) is 2.08. The van der Waals surface area contributed by atoms with Crippen LogP contribution < -0.4 is 5.73 Å². The molecule has 0 amide bonds. The molecule has 1 heterocycles. The van der Waals surface area contributed by atoms with Crippen molar-refractivity contribution in [2.75, 3.05) is 5.73 Å². The Bertz CT molecular complexity index is 316. The highest BCUT2D eigenvalue weighted by molar-refractivity contribution is 5.42. The first kappa shape index (κ1) is 9.78. The summed E-state index contributed by atoms with van der Waals surface area (Å²) in [6.45, 7) is 8.07. The van der Waals surface area contributed by atoms with Crippen LogP contribution in [0.25, 0.3) is 0 Å². The van der Waals surface area contributed by atoms with E-state index < -0.39 is 0 Å². The van der Waals surface area contributed by atoms with E-state index in [1.54, 1.807) is 6.20 Å². The van der Waals surface area contributed by atoms with Crippen LogP contribution in [-0.4, -0.2) is 4.98 Å². The van der Waals surface area contributed by atoms with Crippen LogP contribution in [0.5, 0.6) is 0 Å². The number of aryl methyl sites for hydroxylation is 1. The van der Waals surface area contributed by atoms with Crippen LogP contribution in [0, 0.1) is 6.92 Å². The number of aromatic nitrogens is 1. The van der Waals surface area contributed by atoms with Gasteiger partial charge in [-0.2, -0.15) is 0 Å². The van der Waals surface area contributed by atoms with Gasteiger partial charge >= 0.3 is 0 Å². The molecule has 1 rings (SSSR count). The van der Waals surface area contributed by atoms with E-state index in [-0.39, 0.29) is 0 Å². The van der Waals surface area contributed by atoms with E-state index in [0.717, 1.165) is 24.0 Å². The zero-order valence-electron chi connectivity index (χ0n) is 8.30. The zero-order chi connectivity index (χ0) is 9.84. The van der Waals surface area contributed by atoms with Crippen molar-refractivity contribution >= 4 is 5.82 Å². The third kappa shape index (κ3) is 2.58. The Morgan fingerprint density at radius 1 is 1.62 bits per heavy atom. The second kappa shape index (κ2) is 4.08. The van der Waals surface area contributed by atoms with Crippen molar-refractivity contribution in [3.63, 3.8) is 0 Å². The number of hydrogen-bond acceptors (Lipinski definition) is 2. The Labute approximate surface area is 79.5 Å². The smallest absolute Gasteiger partial charge is 0.126 e. The van der Waals surface area contributed by atoms with Gasteiger partial charge in [0.2, 0.25) is 0 Å². The second-order valence-electron chi connectivity index (χ2n) is 3.34. The van der Waals surface area contributed by atoms with Gasteiger partial charge in [0.15, 0.2) is 0 Å². The van der Waals surface area contributed by atoms with Crippen molar-refractivity contribution in [2.24, 2.45) is 0 Å². The van der Waals surface area contributed by atoms with Gasteiger partial charge in [0.25, 0.3) is 0 Å². The Kier molecular flexibility index (Phi) is 3.07. The van der Waals surface area contributed by atoms with Crippen molar-refractivity contribution in [1.82, 2.24) is 4.98 Å². The average Bonchev–Trinajstić information content (AvgIpc) is 2.11. The molecule has 2 heteroatoms. The largest absolute Gasteiger partial charge is 0.383 e. The number of allylic oxidation sites excluding steroid dienone is 1. The lowest BCUT2D eigenvalue weighted by atomic mass is 10.0. The molecule has 0 aliphatic heterocycles. The van der Waals surface area contributed by atoms with Crippen LogP contribution in [0.4, 0.5) is 5.82 Å². The lowest BCUT2D eigenvalue weighted by Gasteiger charge is -2.06. The van der Waals surface area contributed by atoms with E-state index in [9.17, 15) is 0 Å². The average molecular weight is 176 g/mol. The quantitative estimate of drug-likeness (QED) is 0.718. The number of hydrogen-bond donors (Lipinski definition) is 1. The molecule has 0 aliphatic rings. The first-order valence-electron chi connectivity index (χ1n) is 4.51. The van der Waals surface area contributed by atoms with E-state index in [4.69, 9.17) is 5.73 Å². The van der Waals surface area contributed by atoms with Gasteiger partial charge in [-0.25, -0.2) is 4.98 Å². The number of nitrogen functional groups attached to an aromatic ring is 1. The van der Waals surface area contributed by atoms with Crippen LogP contribution in [0.3, 0.4) is 0 Å². The zero-order valence-corrected chi connectivity index (χ0v) is 8.30. The van der Waals surface area contributed by atoms with Crippen LogP contribution in [0.2, 0.25) is 0 Å². The summed E-state index contributed by atoms with van der Waals surface area (Å²) in [5.41, 5.74) is 9.17. The molecule has 0 saturated carbocycles. The van der Waals surface area contributed by atoms with Gasteiger partial charge in [0.1, 0.15) is 5.82 Å². The lowest BCUT2D eigenvalue weighted by Crippen LogP contribution is -1.99. The standard InChI is InChI=1S/C11H16N2/c1-4-8(2)5-10-6-9(3)7-13-11(10)12/h6-7H,2,4-5H2,1,3H3,(H2,12,13). The van der Waals surface area contributed by atoms with Gasteiger partial charge in [0.05, 0.1) is 0 Å². The molecule has 0 aliphatic carbocycles. The van der Waals surface area contributed by atoms with E-state index in [1.807, 2.05) is 6.92 Å². The molecule has 0 unspecified atom stereocenters. The van der Waals surface area contributed by atoms with Gasteiger partial charge in [-0.05, 0) is 30.9 Å². The Balaban J connectivity index is 2.87. The molecular weight excluding hydrogens is 160 g/mol. The Morgan fingerprint density at radius 2 is 2.31 bits per heavy atom. The maximum absolute atomic E-state index is 5.74. The highest BCUT2D eigenvalue weighted by atomic mass is 14.8. The highest BCUT2D eigenvalue weighted by Crippen LogP contribution is 2.15. The fourth-order valence-electron chi connectivity index (χ4n) is 1.18. The normalized spacial score (nSPS) is 10.0. The molecule has 70 valence electrons. The molecule has 0 radical (unpaired) electrons. The van der Waals surface area contributed by atoms with Crippen LogP contribution in [0.15, 0.2) is 24.4 Å². The molecule has 0 aromatic carbocycles. The molecule has 1 aromatic rings. The van der Waals surface area contributed by atoms with Crippen molar-refractivity contribution in [3.05, 3.63) is 35.5 Å². The molecule has 1 aromatic heterocycles. The first-order chi connectivity index (χ1) is 6.13. The molecule has 0 bridgehead atoms. The molecule has 0 fully saturated rings. The van der Waals surface area contributed by atoms with E-state index in [1.165, 1.54) is 5.57 Å². The topological polar surface area (TPSA) is 38.9 Å². The molecule has 2 N–H and O–H groups in total. The van der Waals surface area contributed by atoms with Gasteiger partial charge in [0, 0.05) is 6.20 Å². The number of pyridine rings is 1. The van der Waals surface area contributed by atoms with E-state index in [2.05, 4.69) is 24.6 Å². The summed E-state index contributed by atoms with van der Waals surface area (Å²) in [7, 11) is 0. The lowest BCUT2D eigenvalue weighted by molar-refractivity contribution is 1.00. The highest BCUT2D eigenvalue weighted by Gasteiger charge is 2.01. The van der Waals surface area contributed by atoms with E-state index in [0.29, 0.717) is 5.82 Å². The minimum Gasteiger partial charge on any atom is -0.383 e. The first-order valence-corrected chi connectivity index (χ1v) is 4.51. The molecular formula is C11H16N2. The van der Waals surface area contributed by atoms with Crippen LogP contribution in [0.1, 0.15) is 24.5 Å². The van der Waals surface area contributed by atoms with Crippen molar-refractivity contribution in [2.45, 2.75) is 26.7 Å². The molecule has 0 atom stereocenters. The van der Waals surface area contributed by atoms with Crippen molar-refractivity contribution < 1.29 is 0 Å². The minimum atomic E-state index is 0.625. The number of nitrogens with two attached hydrogens (primary N) is 1. The summed E-state index contributed by atoms with van der Waals surface area (Å²) in [5.74, 6) is 0.625. The summed E-state index contributed by atoms with van der Waals surface area (Å²) in [6, 6.07) is 2.07. The minimum absolute atomic E-state index is 0.625. The second-order valence-corrected chi connectivity index (χ2v) is 3.34. The van der Waals surface area contributed by atoms with E-state index >= 15 is 0 Å². The van der Waals surface area contributed by atoms with Crippen LogP contribution in [-0.2, 0) is 6.42 Å². The summed E-state index contributed by atoms with van der Waals surface area (Å²) in [4.78, 5) is 4.10. The van der Waals surface area contributed by atoms with Crippen molar-refractivity contribution in [3.8, 4) is 0 Å². The summed E-state index contributed by atoms with van der Waals surface area (Å²) in [5, 5.41) is 0. The number of rotatable bonds is 3. The Hall–Kier alpha value is -1.31. The van der Waals surface area contributed by atoms with Gasteiger partial charge in [-0.1, -0.05) is 25.1 Å². The molecule has 0 spiro atoms. The summed E-state index contributed by atoms with van der Waals surface area (Å²) < 4.78 is 0. The van der Waals surface area contributed by atoms with Crippen molar-refractivity contribution in [1.29, 1.82) is 0 Å². The summed E-state index contributed by atoms with van der Waals surface area (Å²) >= 11 is 0. The molecule has 2 nitrogen and oxygen atoms in total. The fourth-order valence-corrected chi connectivity index (χ4v) is 1.18. The SMILES string of the molecule is C=C(CC)Cc1cc(C)cnc1N. The molecule has 13 heavy (non-hydrogen) atoms. The maximum atomic E-state index is 5.74. The fraction of sp³-hybridized carbons (Fsp3) is 0.364. The Morgan fingerprint density at radius 3 is 2.92 bits per heavy atom. The van der Waals surface area contributed by atoms with Crippen LogP contribution >= 0.6 is 0 Å². The summed E-state index contributed by atoms with van der Waals surface area (Å²) in [6.07, 6.45) is 3.62.